The zero-order valence-corrected chi connectivity index (χ0v) is 18.9. The number of anilines is 2. The summed E-state index contributed by atoms with van der Waals surface area (Å²) in [5.41, 5.74) is 4.50. The molecular formula is C22H15BrClF3N2O4. The highest BCUT2D eigenvalue weighted by Crippen LogP contribution is 2.37. The van der Waals surface area contributed by atoms with Gasteiger partial charge in [-0.25, -0.2) is 4.79 Å². The minimum absolute atomic E-state index is 0.00877. The lowest BCUT2D eigenvalue weighted by molar-refractivity contribution is -0.137. The van der Waals surface area contributed by atoms with Crippen LogP contribution >= 0.6 is 27.5 Å². The van der Waals surface area contributed by atoms with Crippen molar-refractivity contribution in [3.63, 3.8) is 0 Å². The molecule has 0 aromatic heterocycles. The van der Waals surface area contributed by atoms with Gasteiger partial charge in [-0.2, -0.15) is 13.2 Å². The number of nitrogens with one attached hydrogen (secondary N) is 1. The van der Waals surface area contributed by atoms with Crippen LogP contribution < -0.4 is 15.8 Å². The number of amides is 1. The molecule has 3 aromatic rings. The largest absolute Gasteiger partial charge is 0.455 e. The van der Waals surface area contributed by atoms with Gasteiger partial charge in [-0.15, -0.1) is 0 Å². The first kappa shape index (κ1) is 24.4. The average Bonchev–Trinajstić information content (AvgIpc) is 2.74. The molecule has 0 bridgehead atoms. The number of esters is 1. The Morgan fingerprint density at radius 1 is 1.03 bits per heavy atom. The van der Waals surface area contributed by atoms with Crippen molar-refractivity contribution in [1.29, 1.82) is 0 Å². The highest BCUT2D eigenvalue weighted by atomic mass is 79.9. The highest BCUT2D eigenvalue weighted by Gasteiger charge is 2.31. The molecule has 0 radical (unpaired) electrons. The van der Waals surface area contributed by atoms with Gasteiger partial charge in [-0.05, 0) is 60.7 Å². The Bertz CT molecular complexity index is 1190. The number of benzene rings is 3. The van der Waals surface area contributed by atoms with E-state index in [1.54, 1.807) is 24.3 Å². The Labute approximate surface area is 199 Å². The van der Waals surface area contributed by atoms with Crippen LogP contribution in [0.2, 0.25) is 5.02 Å². The number of nitrogens with two attached hydrogens (primary N) is 1. The number of halogens is 5. The second kappa shape index (κ2) is 10.1. The van der Waals surface area contributed by atoms with Crippen LogP contribution in [0.25, 0.3) is 0 Å². The van der Waals surface area contributed by atoms with Crippen LogP contribution in [0.15, 0.2) is 65.1 Å². The summed E-state index contributed by atoms with van der Waals surface area (Å²) in [6.07, 6.45) is -4.64. The van der Waals surface area contributed by atoms with E-state index in [0.29, 0.717) is 10.8 Å². The molecule has 11 heteroatoms. The van der Waals surface area contributed by atoms with E-state index in [2.05, 4.69) is 21.2 Å². The Kier molecular flexibility index (Phi) is 7.50. The summed E-state index contributed by atoms with van der Waals surface area (Å²) in [6, 6.07) is 13.3. The van der Waals surface area contributed by atoms with Crippen molar-refractivity contribution >= 4 is 50.8 Å². The quantitative estimate of drug-likeness (QED) is 0.282. The molecule has 0 aliphatic carbocycles. The fourth-order valence-corrected chi connectivity index (χ4v) is 3.08. The monoisotopic (exact) mass is 542 g/mol. The molecule has 0 saturated carbocycles. The molecule has 3 N–H and O–H groups in total. The average molecular weight is 544 g/mol. The first-order valence-electron chi connectivity index (χ1n) is 9.19. The van der Waals surface area contributed by atoms with Crippen molar-refractivity contribution in [1.82, 2.24) is 0 Å². The van der Waals surface area contributed by atoms with E-state index in [1.807, 2.05) is 0 Å². The summed E-state index contributed by atoms with van der Waals surface area (Å²) < 4.78 is 50.8. The fraction of sp³-hybridized carbons (Fsp3) is 0.0909. The van der Waals surface area contributed by atoms with E-state index in [4.69, 9.17) is 26.8 Å². The first-order chi connectivity index (χ1) is 15.5. The van der Waals surface area contributed by atoms with Gasteiger partial charge < -0.3 is 20.5 Å². The van der Waals surface area contributed by atoms with Gasteiger partial charge in [0.05, 0.1) is 16.8 Å². The van der Waals surface area contributed by atoms with Crippen molar-refractivity contribution in [2.24, 2.45) is 0 Å². The number of rotatable bonds is 6. The molecule has 3 aromatic carbocycles. The smallest absolute Gasteiger partial charge is 0.416 e. The Morgan fingerprint density at radius 2 is 1.73 bits per heavy atom. The third-order valence-corrected chi connectivity index (χ3v) is 4.95. The fourth-order valence-electron chi connectivity index (χ4n) is 2.64. The lowest BCUT2D eigenvalue weighted by Crippen LogP contribution is -2.22. The summed E-state index contributed by atoms with van der Waals surface area (Å²) >= 11 is 9.04. The number of nitrogen functional groups attached to an aromatic ring is 1. The lowest BCUT2D eigenvalue weighted by atomic mass is 10.1. The minimum Gasteiger partial charge on any atom is -0.455 e. The van der Waals surface area contributed by atoms with Gasteiger partial charge in [0.15, 0.2) is 12.4 Å². The number of carbonyl (C=O) groups excluding carboxylic acids is 2. The van der Waals surface area contributed by atoms with Gasteiger partial charge in [0.2, 0.25) is 0 Å². The predicted molar refractivity (Wildman–Crippen MR) is 120 cm³/mol. The van der Waals surface area contributed by atoms with Crippen molar-refractivity contribution in [3.8, 4) is 11.5 Å². The third kappa shape index (κ3) is 6.62. The van der Waals surface area contributed by atoms with E-state index < -0.39 is 30.2 Å². The summed E-state index contributed by atoms with van der Waals surface area (Å²) in [4.78, 5) is 24.5. The van der Waals surface area contributed by atoms with Crippen molar-refractivity contribution in [3.05, 3.63) is 81.3 Å². The van der Waals surface area contributed by atoms with Crippen molar-refractivity contribution in [2.45, 2.75) is 6.18 Å². The Morgan fingerprint density at radius 3 is 2.36 bits per heavy atom. The van der Waals surface area contributed by atoms with Crippen LogP contribution in [-0.4, -0.2) is 18.5 Å². The summed E-state index contributed by atoms with van der Waals surface area (Å²) in [5, 5.41) is 2.59. The molecule has 1 amide bonds. The van der Waals surface area contributed by atoms with Gasteiger partial charge in [0.1, 0.15) is 5.75 Å². The topological polar surface area (TPSA) is 90.7 Å². The number of alkyl halides is 3. The number of carbonyl (C=O) groups is 2. The zero-order valence-electron chi connectivity index (χ0n) is 16.6. The Hall–Kier alpha value is -3.24. The molecule has 33 heavy (non-hydrogen) atoms. The van der Waals surface area contributed by atoms with Crippen LogP contribution in [-0.2, 0) is 15.7 Å². The first-order valence-corrected chi connectivity index (χ1v) is 10.4. The SMILES string of the molecule is Nc1cc(Cl)ccc1C(=O)OCC(=O)Nc1cc(C(F)(F)F)ccc1Oc1ccc(Br)cc1. The summed E-state index contributed by atoms with van der Waals surface area (Å²) in [6.45, 7) is -0.769. The molecule has 0 fully saturated rings. The van der Waals surface area contributed by atoms with E-state index in [-0.39, 0.29) is 22.7 Å². The van der Waals surface area contributed by atoms with Crippen LogP contribution in [0.4, 0.5) is 24.5 Å². The van der Waals surface area contributed by atoms with Crippen LogP contribution in [0.1, 0.15) is 15.9 Å². The van der Waals surface area contributed by atoms with E-state index >= 15 is 0 Å². The maximum Gasteiger partial charge on any atom is 0.416 e. The normalized spacial score (nSPS) is 11.1. The van der Waals surface area contributed by atoms with Gasteiger partial charge >= 0.3 is 12.1 Å². The third-order valence-electron chi connectivity index (χ3n) is 4.19. The molecule has 172 valence electrons. The molecule has 6 nitrogen and oxygen atoms in total. The second-order valence-corrected chi connectivity index (χ2v) is 7.97. The maximum atomic E-state index is 13.2. The van der Waals surface area contributed by atoms with Crippen LogP contribution in [0.3, 0.4) is 0 Å². The molecule has 0 saturated heterocycles. The Balaban J connectivity index is 1.76. The number of hydrogen-bond donors (Lipinski definition) is 2. The summed E-state index contributed by atoms with van der Waals surface area (Å²) in [5.74, 6) is -1.48. The molecule has 0 aliphatic rings. The van der Waals surface area contributed by atoms with Crippen molar-refractivity contribution in [2.75, 3.05) is 17.7 Å². The predicted octanol–water partition coefficient (Wildman–Crippen LogP) is 6.29. The molecule has 0 aliphatic heterocycles. The number of hydrogen-bond acceptors (Lipinski definition) is 5. The van der Waals surface area contributed by atoms with Crippen LogP contribution in [0, 0.1) is 0 Å². The summed E-state index contributed by atoms with van der Waals surface area (Å²) in [7, 11) is 0. The van der Waals surface area contributed by atoms with Gasteiger partial charge in [0, 0.05) is 15.2 Å². The van der Waals surface area contributed by atoms with Crippen molar-refractivity contribution < 1.29 is 32.2 Å². The number of ether oxygens (including phenoxy) is 2. The van der Waals surface area contributed by atoms with E-state index in [9.17, 15) is 22.8 Å². The van der Waals surface area contributed by atoms with Gasteiger partial charge in [0.25, 0.3) is 5.91 Å². The minimum atomic E-state index is -4.64. The molecule has 3 rings (SSSR count). The maximum absolute atomic E-state index is 13.2. The molecule has 0 heterocycles. The van der Waals surface area contributed by atoms with Crippen LogP contribution in [0.5, 0.6) is 11.5 Å². The molecular weight excluding hydrogens is 529 g/mol. The zero-order chi connectivity index (χ0) is 24.2. The van der Waals surface area contributed by atoms with Gasteiger partial charge in [-0.3, -0.25) is 4.79 Å². The second-order valence-electron chi connectivity index (χ2n) is 6.62. The lowest BCUT2D eigenvalue weighted by Gasteiger charge is -2.15. The highest BCUT2D eigenvalue weighted by molar-refractivity contribution is 9.10. The molecule has 0 spiro atoms. The standard InChI is InChI=1S/C22H15BrClF3N2O4/c23-13-2-5-15(6-3-13)33-19-8-1-12(22(25,26)27)9-18(19)29-20(30)11-32-21(31)16-7-4-14(24)10-17(16)28/h1-10H,11,28H2,(H,29,30). The molecule has 0 atom stereocenters. The van der Waals surface area contributed by atoms with E-state index in [0.717, 1.165) is 22.7 Å². The molecule has 0 unspecified atom stereocenters. The van der Waals surface area contributed by atoms with E-state index in [1.165, 1.54) is 18.2 Å². The van der Waals surface area contributed by atoms with Gasteiger partial charge in [-0.1, -0.05) is 27.5 Å².